The number of likely N-dealkylation sites (N-methyl/N-ethyl adjacent to an activating group) is 1. The lowest BCUT2D eigenvalue weighted by Crippen LogP contribution is -2.55. The zero-order chi connectivity index (χ0) is 16.9. The number of nitrogens with zero attached hydrogens (tertiary/aromatic N) is 1. The van der Waals surface area contributed by atoms with Crippen molar-refractivity contribution >= 4 is 23.2 Å². The summed E-state index contributed by atoms with van der Waals surface area (Å²) in [7, 11) is 2.07. The van der Waals surface area contributed by atoms with Gasteiger partial charge in [-0.05, 0) is 38.8 Å². The van der Waals surface area contributed by atoms with Gasteiger partial charge in [0.05, 0.1) is 17.6 Å². The Bertz CT molecular complexity index is 531. The predicted octanol–water partition coefficient (Wildman–Crippen LogP) is 1.09. The van der Waals surface area contributed by atoms with Crippen LogP contribution in [0.25, 0.3) is 0 Å². The highest BCUT2D eigenvalue weighted by molar-refractivity contribution is 7.12. The molecule has 23 heavy (non-hydrogen) atoms. The van der Waals surface area contributed by atoms with Crippen LogP contribution < -0.4 is 10.6 Å². The summed E-state index contributed by atoms with van der Waals surface area (Å²) in [5, 5.41) is 7.50. The maximum atomic E-state index is 12.3. The van der Waals surface area contributed by atoms with Crippen molar-refractivity contribution in [1.82, 2.24) is 15.5 Å². The minimum atomic E-state index is -0.953. The fourth-order valence-corrected chi connectivity index (χ4v) is 3.04. The minimum Gasteiger partial charge on any atom is -0.375 e. The highest BCUT2D eigenvalue weighted by Gasteiger charge is 2.30. The van der Waals surface area contributed by atoms with Crippen molar-refractivity contribution in [2.45, 2.75) is 31.9 Å². The molecule has 0 aromatic carbocycles. The van der Waals surface area contributed by atoms with Crippen molar-refractivity contribution in [2.24, 2.45) is 0 Å². The summed E-state index contributed by atoms with van der Waals surface area (Å²) in [5.74, 6) is -0.413. The maximum Gasteiger partial charge on any atom is 0.262 e. The number of amides is 2. The van der Waals surface area contributed by atoms with Crippen LogP contribution in [-0.2, 0) is 9.53 Å². The summed E-state index contributed by atoms with van der Waals surface area (Å²) in [6.07, 6.45) is 0.920. The lowest BCUT2D eigenvalue weighted by atomic mass is 10.0. The van der Waals surface area contributed by atoms with Crippen molar-refractivity contribution in [2.75, 3.05) is 33.3 Å². The first-order valence-corrected chi connectivity index (χ1v) is 8.71. The number of hydrogen-bond acceptors (Lipinski definition) is 5. The van der Waals surface area contributed by atoms with Gasteiger partial charge in [0.1, 0.15) is 5.54 Å². The monoisotopic (exact) mass is 339 g/mol. The first-order valence-electron chi connectivity index (χ1n) is 7.83. The van der Waals surface area contributed by atoms with Crippen LogP contribution in [0.15, 0.2) is 17.5 Å². The van der Waals surface area contributed by atoms with Crippen LogP contribution in [0, 0.1) is 0 Å². The summed E-state index contributed by atoms with van der Waals surface area (Å²) < 4.78 is 5.67. The molecule has 0 bridgehead atoms. The predicted molar refractivity (Wildman–Crippen MR) is 90.7 cm³/mol. The summed E-state index contributed by atoms with van der Waals surface area (Å²) >= 11 is 1.36. The Kier molecular flexibility index (Phi) is 6.15. The normalized spacial score (nSPS) is 19.3. The Morgan fingerprint density at radius 2 is 2.26 bits per heavy atom. The van der Waals surface area contributed by atoms with Gasteiger partial charge in [-0.25, -0.2) is 0 Å². The molecule has 1 aromatic rings. The lowest BCUT2D eigenvalue weighted by Gasteiger charge is -2.30. The summed E-state index contributed by atoms with van der Waals surface area (Å²) in [5.41, 5.74) is -0.953. The van der Waals surface area contributed by atoms with E-state index in [0.29, 0.717) is 11.4 Å². The largest absolute Gasteiger partial charge is 0.375 e. The van der Waals surface area contributed by atoms with Crippen molar-refractivity contribution < 1.29 is 14.3 Å². The fourth-order valence-electron chi connectivity index (χ4n) is 2.42. The van der Waals surface area contributed by atoms with Crippen LogP contribution >= 0.6 is 11.3 Å². The van der Waals surface area contributed by atoms with E-state index in [2.05, 4.69) is 22.6 Å². The molecule has 1 aliphatic rings. The molecular formula is C16H25N3O3S. The van der Waals surface area contributed by atoms with Crippen molar-refractivity contribution in [3.8, 4) is 0 Å². The molecule has 1 aromatic heterocycles. The molecule has 1 atom stereocenters. The third-order valence-corrected chi connectivity index (χ3v) is 4.70. The average Bonchev–Trinajstić information content (AvgIpc) is 3.01. The number of nitrogens with one attached hydrogen (secondary N) is 2. The molecule has 2 N–H and O–H groups in total. The van der Waals surface area contributed by atoms with E-state index in [1.807, 2.05) is 11.4 Å². The molecule has 0 saturated carbocycles. The van der Waals surface area contributed by atoms with Gasteiger partial charge in [0, 0.05) is 19.6 Å². The number of morpholine rings is 1. The van der Waals surface area contributed by atoms with E-state index in [4.69, 9.17) is 4.74 Å². The molecule has 0 unspecified atom stereocenters. The molecule has 128 valence electrons. The average molecular weight is 339 g/mol. The Morgan fingerprint density at radius 3 is 2.91 bits per heavy atom. The maximum absolute atomic E-state index is 12.3. The number of ether oxygens (including phenoxy) is 1. The van der Waals surface area contributed by atoms with Gasteiger partial charge in [0.15, 0.2) is 0 Å². The van der Waals surface area contributed by atoms with Gasteiger partial charge in [-0.3, -0.25) is 9.59 Å². The van der Waals surface area contributed by atoms with Gasteiger partial charge in [-0.2, -0.15) is 0 Å². The first kappa shape index (κ1) is 17.9. The zero-order valence-corrected chi connectivity index (χ0v) is 14.7. The number of thiophene rings is 1. The number of carbonyl (C=O) groups excluding carboxylic acids is 2. The number of rotatable bonds is 6. The van der Waals surface area contributed by atoms with Crippen LogP contribution in [0.2, 0.25) is 0 Å². The van der Waals surface area contributed by atoms with Crippen LogP contribution in [0.4, 0.5) is 0 Å². The first-order chi connectivity index (χ1) is 10.9. The van der Waals surface area contributed by atoms with E-state index >= 15 is 0 Å². The summed E-state index contributed by atoms with van der Waals surface area (Å²) in [6.45, 7) is 6.52. The standard InChI is InChI=1S/C16H25N3O3S/c1-16(2,18-14(20)13-5-4-10-23-13)15(21)17-7-6-12-11-19(3)8-9-22-12/h4-5,10,12H,6-9,11H2,1-3H3,(H,17,21)(H,18,20)/t12-/m0/s1. The van der Waals surface area contributed by atoms with Crippen LogP contribution in [-0.4, -0.2) is 61.6 Å². The van der Waals surface area contributed by atoms with E-state index < -0.39 is 5.54 Å². The third-order valence-electron chi connectivity index (χ3n) is 3.83. The van der Waals surface area contributed by atoms with Crippen molar-refractivity contribution in [1.29, 1.82) is 0 Å². The van der Waals surface area contributed by atoms with Gasteiger partial charge < -0.3 is 20.3 Å². The molecule has 1 fully saturated rings. The van der Waals surface area contributed by atoms with Crippen LogP contribution in [0.1, 0.15) is 29.9 Å². The SMILES string of the molecule is CN1CCO[C@@H](CCNC(=O)C(C)(C)NC(=O)c2cccs2)C1. The van der Waals surface area contributed by atoms with Gasteiger partial charge in [-0.1, -0.05) is 6.07 Å². The Labute approximate surface area is 141 Å². The van der Waals surface area contributed by atoms with Gasteiger partial charge in [-0.15, -0.1) is 11.3 Å². The minimum absolute atomic E-state index is 0.151. The Hall–Kier alpha value is -1.44. The highest BCUT2D eigenvalue weighted by atomic mass is 32.1. The molecule has 0 aliphatic carbocycles. The topological polar surface area (TPSA) is 70.7 Å². The molecule has 0 radical (unpaired) electrons. The van der Waals surface area contributed by atoms with Crippen molar-refractivity contribution in [3.05, 3.63) is 22.4 Å². The second-order valence-electron chi connectivity index (χ2n) is 6.36. The van der Waals surface area contributed by atoms with E-state index in [9.17, 15) is 9.59 Å². The van der Waals surface area contributed by atoms with Crippen molar-refractivity contribution in [3.63, 3.8) is 0 Å². The lowest BCUT2D eigenvalue weighted by molar-refractivity contribution is -0.126. The van der Waals surface area contributed by atoms with Crippen LogP contribution in [0.3, 0.4) is 0 Å². The van der Waals surface area contributed by atoms with E-state index in [0.717, 1.165) is 26.1 Å². The third kappa shape index (κ3) is 5.30. The molecule has 7 heteroatoms. The van der Waals surface area contributed by atoms with E-state index in [-0.39, 0.29) is 17.9 Å². The van der Waals surface area contributed by atoms with E-state index in [1.54, 1.807) is 19.9 Å². The molecule has 1 aliphatic heterocycles. The summed E-state index contributed by atoms with van der Waals surface area (Å²) in [4.78, 5) is 27.2. The molecule has 1 saturated heterocycles. The molecule has 6 nitrogen and oxygen atoms in total. The Morgan fingerprint density at radius 1 is 1.48 bits per heavy atom. The van der Waals surface area contributed by atoms with E-state index in [1.165, 1.54) is 11.3 Å². The molecule has 2 amide bonds. The smallest absolute Gasteiger partial charge is 0.262 e. The van der Waals surface area contributed by atoms with Gasteiger partial charge >= 0.3 is 0 Å². The van der Waals surface area contributed by atoms with Gasteiger partial charge in [0.2, 0.25) is 5.91 Å². The van der Waals surface area contributed by atoms with Gasteiger partial charge in [0.25, 0.3) is 5.91 Å². The summed E-state index contributed by atoms with van der Waals surface area (Å²) in [6, 6.07) is 3.55. The highest BCUT2D eigenvalue weighted by Crippen LogP contribution is 2.11. The molecule has 2 rings (SSSR count). The fraction of sp³-hybridized carbons (Fsp3) is 0.625. The second kappa shape index (κ2) is 7.90. The Balaban J connectivity index is 1.76. The second-order valence-corrected chi connectivity index (χ2v) is 7.30. The number of hydrogen-bond donors (Lipinski definition) is 2. The zero-order valence-electron chi connectivity index (χ0n) is 13.9. The molecular weight excluding hydrogens is 314 g/mol. The molecule has 2 heterocycles. The number of carbonyl (C=O) groups is 2. The molecule has 0 spiro atoms. The van der Waals surface area contributed by atoms with Crippen LogP contribution in [0.5, 0.6) is 0 Å². The quantitative estimate of drug-likeness (QED) is 0.814.